The highest BCUT2D eigenvalue weighted by Crippen LogP contribution is 2.16. The van der Waals surface area contributed by atoms with Crippen LogP contribution in [0.25, 0.3) is 0 Å². The molecule has 1 aromatic rings. The Morgan fingerprint density at radius 2 is 2.29 bits per heavy atom. The first kappa shape index (κ1) is 11.3. The lowest BCUT2D eigenvalue weighted by Crippen LogP contribution is -2.08. The highest BCUT2D eigenvalue weighted by atomic mass is 32.2. The Balaban J connectivity index is 2.58. The number of aliphatic hydroxyl groups is 1. The normalized spacial score (nSPS) is 12.8. The monoisotopic (exact) mass is 213 g/mol. The van der Waals surface area contributed by atoms with Crippen LogP contribution >= 0.6 is 11.8 Å². The van der Waals surface area contributed by atoms with E-state index in [1.54, 1.807) is 6.07 Å². The summed E-state index contributed by atoms with van der Waals surface area (Å²) in [5.74, 6) is 1.09. The predicted molar refractivity (Wildman–Crippen MR) is 58.2 cm³/mol. The molecule has 3 N–H and O–H groups in total. The SMILES string of the molecule is CCC(O)CSc1nc(C)cc(N)n1. The Kier molecular flexibility index (Phi) is 4.16. The molecule has 0 amide bonds. The summed E-state index contributed by atoms with van der Waals surface area (Å²) in [5.41, 5.74) is 6.42. The fourth-order valence-corrected chi connectivity index (χ4v) is 1.87. The van der Waals surface area contributed by atoms with Crippen LogP contribution in [0.2, 0.25) is 0 Å². The first-order valence-electron chi connectivity index (χ1n) is 4.54. The molecule has 0 saturated carbocycles. The maximum absolute atomic E-state index is 9.35. The molecule has 1 rings (SSSR count). The zero-order valence-electron chi connectivity index (χ0n) is 8.40. The van der Waals surface area contributed by atoms with Crippen molar-refractivity contribution < 1.29 is 5.11 Å². The van der Waals surface area contributed by atoms with Crippen molar-refractivity contribution in [3.8, 4) is 0 Å². The van der Waals surface area contributed by atoms with Crippen molar-refractivity contribution >= 4 is 17.6 Å². The molecule has 78 valence electrons. The molecule has 4 nitrogen and oxygen atoms in total. The molecule has 0 aliphatic heterocycles. The van der Waals surface area contributed by atoms with Gasteiger partial charge in [0.1, 0.15) is 5.82 Å². The summed E-state index contributed by atoms with van der Waals surface area (Å²) in [4.78, 5) is 8.26. The topological polar surface area (TPSA) is 72.0 Å². The second-order valence-electron chi connectivity index (χ2n) is 3.09. The molecule has 1 atom stereocenters. The highest BCUT2D eigenvalue weighted by Gasteiger charge is 2.05. The van der Waals surface area contributed by atoms with Crippen LogP contribution in [0.4, 0.5) is 5.82 Å². The molecule has 5 heteroatoms. The van der Waals surface area contributed by atoms with E-state index in [4.69, 9.17) is 5.73 Å². The summed E-state index contributed by atoms with van der Waals surface area (Å²) < 4.78 is 0. The second-order valence-corrected chi connectivity index (χ2v) is 4.08. The average Bonchev–Trinajstić information content (AvgIpc) is 2.12. The van der Waals surface area contributed by atoms with E-state index >= 15 is 0 Å². The maximum atomic E-state index is 9.35. The zero-order chi connectivity index (χ0) is 10.6. The van der Waals surface area contributed by atoms with E-state index in [2.05, 4.69) is 9.97 Å². The largest absolute Gasteiger partial charge is 0.392 e. The fraction of sp³-hybridized carbons (Fsp3) is 0.556. The van der Waals surface area contributed by atoms with Gasteiger partial charge in [0.25, 0.3) is 0 Å². The molecule has 0 saturated heterocycles. The van der Waals surface area contributed by atoms with Crippen molar-refractivity contribution in [2.45, 2.75) is 31.5 Å². The van der Waals surface area contributed by atoms with Crippen molar-refractivity contribution in [2.24, 2.45) is 0 Å². The number of hydrogen-bond acceptors (Lipinski definition) is 5. The van der Waals surface area contributed by atoms with E-state index < -0.39 is 0 Å². The van der Waals surface area contributed by atoms with Crippen LogP contribution < -0.4 is 5.73 Å². The lowest BCUT2D eigenvalue weighted by atomic mass is 10.3. The Bertz CT molecular complexity index is 286. The third-order valence-electron chi connectivity index (χ3n) is 1.73. The lowest BCUT2D eigenvalue weighted by Gasteiger charge is -2.06. The van der Waals surface area contributed by atoms with Crippen LogP contribution in [0.1, 0.15) is 19.0 Å². The number of nitrogen functional groups attached to an aromatic ring is 1. The summed E-state index contributed by atoms with van der Waals surface area (Å²) in [5, 5.41) is 9.98. The van der Waals surface area contributed by atoms with Crippen LogP contribution in [-0.2, 0) is 0 Å². The molecule has 0 radical (unpaired) electrons. The third-order valence-corrected chi connectivity index (χ3v) is 2.72. The van der Waals surface area contributed by atoms with Gasteiger partial charge in [0.05, 0.1) is 6.10 Å². The van der Waals surface area contributed by atoms with Gasteiger partial charge in [-0.3, -0.25) is 0 Å². The molecule has 0 fully saturated rings. The molecule has 14 heavy (non-hydrogen) atoms. The molecular formula is C9H15N3OS. The van der Waals surface area contributed by atoms with Crippen LogP contribution in [0, 0.1) is 6.92 Å². The van der Waals surface area contributed by atoms with Gasteiger partial charge in [0.2, 0.25) is 0 Å². The van der Waals surface area contributed by atoms with Gasteiger partial charge in [-0.15, -0.1) is 0 Å². The third kappa shape index (κ3) is 3.51. The summed E-state index contributed by atoms with van der Waals surface area (Å²) in [7, 11) is 0. The zero-order valence-corrected chi connectivity index (χ0v) is 9.21. The minimum atomic E-state index is -0.301. The Labute approximate surface area is 88.0 Å². The van der Waals surface area contributed by atoms with Gasteiger partial charge in [-0.25, -0.2) is 9.97 Å². The highest BCUT2D eigenvalue weighted by molar-refractivity contribution is 7.99. The lowest BCUT2D eigenvalue weighted by molar-refractivity contribution is 0.195. The standard InChI is InChI=1S/C9H15N3OS/c1-3-7(13)5-14-9-11-6(2)4-8(10)12-9/h4,7,13H,3,5H2,1-2H3,(H2,10,11,12). The van der Waals surface area contributed by atoms with Crippen molar-refractivity contribution in [3.05, 3.63) is 11.8 Å². The number of aliphatic hydroxyl groups excluding tert-OH is 1. The number of rotatable bonds is 4. The molecule has 0 aliphatic rings. The van der Waals surface area contributed by atoms with Gasteiger partial charge >= 0.3 is 0 Å². The average molecular weight is 213 g/mol. The summed E-state index contributed by atoms with van der Waals surface area (Å²) >= 11 is 1.43. The quantitative estimate of drug-likeness (QED) is 0.581. The summed E-state index contributed by atoms with van der Waals surface area (Å²) in [6.07, 6.45) is 0.444. The van der Waals surface area contributed by atoms with Crippen LogP contribution in [0.3, 0.4) is 0 Å². The smallest absolute Gasteiger partial charge is 0.189 e. The van der Waals surface area contributed by atoms with E-state index in [0.717, 1.165) is 12.1 Å². The predicted octanol–water partition coefficient (Wildman–Crippen LogP) is 1.23. The molecule has 0 aromatic carbocycles. The summed E-state index contributed by atoms with van der Waals surface area (Å²) in [6.45, 7) is 3.81. The van der Waals surface area contributed by atoms with Crippen LogP contribution in [0.15, 0.2) is 11.2 Å². The van der Waals surface area contributed by atoms with E-state index in [9.17, 15) is 5.11 Å². The molecule has 1 unspecified atom stereocenters. The van der Waals surface area contributed by atoms with Crippen molar-refractivity contribution in [2.75, 3.05) is 11.5 Å². The van der Waals surface area contributed by atoms with Gasteiger partial charge in [-0.2, -0.15) is 0 Å². The Morgan fingerprint density at radius 3 is 2.86 bits per heavy atom. The number of hydrogen-bond donors (Lipinski definition) is 2. The van der Waals surface area contributed by atoms with Crippen molar-refractivity contribution in [1.29, 1.82) is 0 Å². The number of aryl methyl sites for hydroxylation is 1. The van der Waals surface area contributed by atoms with Crippen LogP contribution in [-0.4, -0.2) is 26.9 Å². The van der Waals surface area contributed by atoms with Crippen LogP contribution in [0.5, 0.6) is 0 Å². The van der Waals surface area contributed by atoms with Gasteiger partial charge in [0, 0.05) is 17.5 Å². The van der Waals surface area contributed by atoms with Gasteiger partial charge in [0.15, 0.2) is 5.16 Å². The molecule has 1 heterocycles. The van der Waals surface area contributed by atoms with E-state index in [1.165, 1.54) is 11.8 Å². The second kappa shape index (κ2) is 5.17. The van der Waals surface area contributed by atoms with E-state index in [-0.39, 0.29) is 6.10 Å². The number of nitrogens with two attached hydrogens (primary N) is 1. The molecule has 1 aromatic heterocycles. The van der Waals surface area contributed by atoms with Gasteiger partial charge in [-0.05, 0) is 13.3 Å². The van der Waals surface area contributed by atoms with Crippen molar-refractivity contribution in [3.63, 3.8) is 0 Å². The molecule has 0 bridgehead atoms. The maximum Gasteiger partial charge on any atom is 0.189 e. The first-order valence-corrected chi connectivity index (χ1v) is 5.52. The molecule has 0 aliphatic carbocycles. The number of thioether (sulfide) groups is 1. The molecular weight excluding hydrogens is 198 g/mol. The Hall–Kier alpha value is -0.810. The Morgan fingerprint density at radius 1 is 1.57 bits per heavy atom. The minimum Gasteiger partial charge on any atom is -0.392 e. The number of anilines is 1. The number of aromatic nitrogens is 2. The minimum absolute atomic E-state index is 0.301. The van der Waals surface area contributed by atoms with Gasteiger partial charge < -0.3 is 10.8 Å². The van der Waals surface area contributed by atoms with E-state index in [1.807, 2.05) is 13.8 Å². The molecule has 0 spiro atoms. The van der Waals surface area contributed by atoms with E-state index in [0.29, 0.717) is 16.7 Å². The van der Waals surface area contributed by atoms with Crippen molar-refractivity contribution in [1.82, 2.24) is 9.97 Å². The number of nitrogens with zero attached hydrogens (tertiary/aromatic N) is 2. The fourth-order valence-electron chi connectivity index (χ4n) is 0.918. The summed E-state index contributed by atoms with van der Waals surface area (Å²) in [6, 6.07) is 1.72. The first-order chi connectivity index (χ1) is 6.61. The van der Waals surface area contributed by atoms with Gasteiger partial charge in [-0.1, -0.05) is 18.7 Å².